The lowest BCUT2D eigenvalue weighted by molar-refractivity contribution is 0.103. The molecule has 4 rings (SSSR count). The van der Waals surface area contributed by atoms with E-state index in [9.17, 15) is 13.6 Å². The Labute approximate surface area is 178 Å². The lowest BCUT2D eigenvalue weighted by atomic mass is 10.2. The molecule has 0 aliphatic carbocycles. The number of hydrogen-bond acceptors (Lipinski definition) is 4. The summed E-state index contributed by atoms with van der Waals surface area (Å²) in [6.07, 6.45) is 1.14. The Morgan fingerprint density at radius 2 is 1.87 bits per heavy atom. The standard InChI is InChI=1S/C23H23F2N3OS/c1-27(2)18-11-12-28(14-18)17-6-4-16(5-7-17)26-23(29)22-10-9-21(30-22)19-8-3-15(24)13-20(19)25/h3-10,13,18H,11-12,14H2,1-2H3,(H,26,29). The summed E-state index contributed by atoms with van der Waals surface area (Å²) in [6, 6.07) is 15.1. The highest BCUT2D eigenvalue weighted by Crippen LogP contribution is 2.31. The second-order valence-electron chi connectivity index (χ2n) is 7.64. The van der Waals surface area contributed by atoms with Gasteiger partial charge in [-0.3, -0.25) is 4.79 Å². The van der Waals surface area contributed by atoms with Crippen LogP contribution in [0.15, 0.2) is 54.6 Å². The number of carbonyl (C=O) groups excluding carboxylic acids is 1. The van der Waals surface area contributed by atoms with Gasteiger partial charge in [0.1, 0.15) is 11.6 Å². The first-order valence-corrected chi connectivity index (χ1v) is 10.6. The highest BCUT2D eigenvalue weighted by Gasteiger charge is 2.24. The van der Waals surface area contributed by atoms with Crippen LogP contribution in [-0.4, -0.2) is 44.0 Å². The van der Waals surface area contributed by atoms with Gasteiger partial charge in [-0.15, -0.1) is 11.3 Å². The number of nitrogens with one attached hydrogen (secondary N) is 1. The van der Waals surface area contributed by atoms with Crippen LogP contribution in [0.5, 0.6) is 0 Å². The van der Waals surface area contributed by atoms with E-state index < -0.39 is 11.6 Å². The summed E-state index contributed by atoms with van der Waals surface area (Å²) >= 11 is 1.17. The quantitative estimate of drug-likeness (QED) is 0.616. The van der Waals surface area contributed by atoms with E-state index in [0.717, 1.165) is 31.3 Å². The minimum absolute atomic E-state index is 0.254. The molecule has 1 N–H and O–H groups in total. The van der Waals surface area contributed by atoms with E-state index in [-0.39, 0.29) is 11.5 Å². The van der Waals surface area contributed by atoms with E-state index in [1.807, 2.05) is 24.3 Å². The topological polar surface area (TPSA) is 35.6 Å². The fourth-order valence-corrected chi connectivity index (χ4v) is 4.57. The van der Waals surface area contributed by atoms with Crippen molar-refractivity contribution in [3.63, 3.8) is 0 Å². The van der Waals surface area contributed by atoms with Gasteiger partial charge in [-0.1, -0.05) is 0 Å². The van der Waals surface area contributed by atoms with Crippen LogP contribution < -0.4 is 10.2 Å². The van der Waals surface area contributed by atoms with Crippen LogP contribution in [-0.2, 0) is 0 Å². The minimum Gasteiger partial charge on any atom is -0.370 e. The number of amides is 1. The molecule has 1 unspecified atom stereocenters. The van der Waals surface area contributed by atoms with Gasteiger partial charge in [-0.2, -0.15) is 0 Å². The predicted octanol–water partition coefficient (Wildman–Crippen LogP) is 5.09. The van der Waals surface area contributed by atoms with Crippen molar-refractivity contribution in [1.82, 2.24) is 4.90 Å². The number of halogens is 2. The molecule has 1 saturated heterocycles. The minimum atomic E-state index is -0.641. The number of nitrogens with zero attached hydrogens (tertiary/aromatic N) is 2. The van der Waals surface area contributed by atoms with E-state index in [4.69, 9.17) is 0 Å². The molecule has 2 aromatic carbocycles. The fraction of sp³-hybridized carbons (Fsp3) is 0.261. The number of likely N-dealkylation sites (N-methyl/N-ethyl adjacent to an activating group) is 1. The molecule has 0 spiro atoms. The Morgan fingerprint density at radius 3 is 2.53 bits per heavy atom. The summed E-state index contributed by atoms with van der Waals surface area (Å²) < 4.78 is 27.1. The van der Waals surface area contributed by atoms with Crippen molar-refractivity contribution in [3.8, 4) is 10.4 Å². The first-order chi connectivity index (χ1) is 14.4. The number of rotatable bonds is 5. The largest absolute Gasteiger partial charge is 0.370 e. The van der Waals surface area contributed by atoms with Crippen LogP contribution in [0.4, 0.5) is 20.2 Å². The molecule has 1 atom stereocenters. The van der Waals surface area contributed by atoms with Crippen molar-refractivity contribution in [3.05, 3.63) is 71.1 Å². The molecule has 156 valence electrons. The molecule has 30 heavy (non-hydrogen) atoms. The highest BCUT2D eigenvalue weighted by atomic mass is 32.1. The molecule has 3 aromatic rings. The Morgan fingerprint density at radius 1 is 1.10 bits per heavy atom. The Kier molecular flexibility index (Phi) is 5.83. The molecular weight excluding hydrogens is 404 g/mol. The van der Waals surface area contributed by atoms with Crippen LogP contribution in [0.1, 0.15) is 16.1 Å². The Bertz CT molecular complexity index is 1050. The number of anilines is 2. The summed E-state index contributed by atoms with van der Waals surface area (Å²) in [4.78, 5) is 18.2. The van der Waals surface area contributed by atoms with E-state index in [1.54, 1.807) is 12.1 Å². The second kappa shape index (κ2) is 8.53. The second-order valence-corrected chi connectivity index (χ2v) is 8.72. The van der Waals surface area contributed by atoms with E-state index in [2.05, 4.69) is 29.2 Å². The van der Waals surface area contributed by atoms with E-state index in [0.29, 0.717) is 21.5 Å². The number of hydrogen-bond donors (Lipinski definition) is 1. The molecule has 0 radical (unpaired) electrons. The third-order valence-electron chi connectivity index (χ3n) is 5.41. The fourth-order valence-electron chi connectivity index (χ4n) is 3.64. The van der Waals surface area contributed by atoms with Crippen molar-refractivity contribution < 1.29 is 13.6 Å². The summed E-state index contributed by atoms with van der Waals surface area (Å²) in [5.41, 5.74) is 2.13. The van der Waals surface area contributed by atoms with Crippen molar-refractivity contribution in [2.45, 2.75) is 12.5 Å². The average molecular weight is 428 g/mol. The molecule has 0 saturated carbocycles. The first kappa shape index (κ1) is 20.5. The number of benzene rings is 2. The molecule has 1 fully saturated rings. The summed E-state index contributed by atoms with van der Waals surface area (Å²) in [6.45, 7) is 2.02. The monoisotopic (exact) mass is 427 g/mol. The molecule has 1 amide bonds. The molecule has 2 heterocycles. The first-order valence-electron chi connectivity index (χ1n) is 9.79. The normalized spacial score (nSPS) is 16.3. The van der Waals surface area contributed by atoms with E-state index in [1.165, 1.54) is 23.5 Å². The third-order valence-corrected chi connectivity index (χ3v) is 6.53. The molecular formula is C23H23F2N3OS. The highest BCUT2D eigenvalue weighted by molar-refractivity contribution is 7.17. The maximum absolute atomic E-state index is 14.0. The van der Waals surface area contributed by atoms with Gasteiger partial charge >= 0.3 is 0 Å². The molecule has 7 heteroatoms. The number of thiophene rings is 1. The van der Waals surface area contributed by atoms with Crippen molar-refractivity contribution in [2.24, 2.45) is 0 Å². The maximum Gasteiger partial charge on any atom is 0.265 e. The summed E-state index contributed by atoms with van der Waals surface area (Å²) in [5, 5.41) is 2.88. The van der Waals surface area contributed by atoms with Gasteiger partial charge in [0, 0.05) is 47.0 Å². The lowest BCUT2D eigenvalue weighted by Gasteiger charge is -2.22. The Balaban J connectivity index is 1.41. The van der Waals surface area contributed by atoms with Gasteiger partial charge in [-0.05, 0) is 69.0 Å². The van der Waals surface area contributed by atoms with Gasteiger partial charge in [-0.25, -0.2) is 8.78 Å². The van der Waals surface area contributed by atoms with E-state index >= 15 is 0 Å². The van der Waals surface area contributed by atoms with Gasteiger partial charge in [0.05, 0.1) is 4.88 Å². The van der Waals surface area contributed by atoms with Crippen LogP contribution in [0.25, 0.3) is 10.4 Å². The van der Waals surface area contributed by atoms with Crippen LogP contribution >= 0.6 is 11.3 Å². The zero-order valence-corrected chi connectivity index (χ0v) is 17.7. The van der Waals surface area contributed by atoms with Crippen LogP contribution in [0.2, 0.25) is 0 Å². The molecule has 0 bridgehead atoms. The van der Waals surface area contributed by atoms with Gasteiger partial charge in [0.25, 0.3) is 5.91 Å². The molecule has 4 nitrogen and oxygen atoms in total. The SMILES string of the molecule is CN(C)C1CCN(c2ccc(NC(=O)c3ccc(-c4ccc(F)cc4F)s3)cc2)C1. The van der Waals surface area contributed by atoms with Gasteiger partial charge in [0.15, 0.2) is 0 Å². The van der Waals surface area contributed by atoms with Crippen LogP contribution in [0, 0.1) is 11.6 Å². The summed E-state index contributed by atoms with van der Waals surface area (Å²) in [5.74, 6) is -1.52. The zero-order chi connectivity index (χ0) is 21.3. The average Bonchev–Trinajstić information content (AvgIpc) is 3.39. The maximum atomic E-state index is 14.0. The van der Waals surface area contributed by atoms with Crippen molar-refractivity contribution >= 4 is 28.6 Å². The lowest BCUT2D eigenvalue weighted by Crippen LogP contribution is -2.31. The summed E-state index contributed by atoms with van der Waals surface area (Å²) in [7, 11) is 4.21. The van der Waals surface area contributed by atoms with Crippen molar-refractivity contribution in [1.29, 1.82) is 0 Å². The molecule has 1 aliphatic rings. The molecule has 1 aromatic heterocycles. The molecule has 1 aliphatic heterocycles. The van der Waals surface area contributed by atoms with Gasteiger partial charge < -0.3 is 15.1 Å². The number of carbonyl (C=O) groups is 1. The Hall–Kier alpha value is -2.77. The van der Waals surface area contributed by atoms with Crippen molar-refractivity contribution in [2.75, 3.05) is 37.4 Å². The van der Waals surface area contributed by atoms with Gasteiger partial charge in [0.2, 0.25) is 0 Å². The third kappa shape index (κ3) is 4.37. The smallest absolute Gasteiger partial charge is 0.265 e. The van der Waals surface area contributed by atoms with Crippen LogP contribution in [0.3, 0.4) is 0 Å². The predicted molar refractivity (Wildman–Crippen MR) is 118 cm³/mol. The zero-order valence-electron chi connectivity index (χ0n) is 16.9.